The monoisotopic (exact) mass is 219 g/mol. The van der Waals surface area contributed by atoms with Gasteiger partial charge in [-0.3, -0.25) is 0 Å². The fourth-order valence-corrected chi connectivity index (χ4v) is 2.65. The van der Waals surface area contributed by atoms with Gasteiger partial charge in [0.1, 0.15) is 4.21 Å². The first-order valence-electron chi connectivity index (χ1n) is 4.06. The third kappa shape index (κ3) is 3.00. The number of sulfone groups is 1. The maximum absolute atomic E-state index is 11.1. The molecule has 1 heterocycles. The molecule has 0 aromatic carbocycles. The number of anilines is 1. The second-order valence-electron chi connectivity index (χ2n) is 2.85. The standard InChI is InChI=1S/C8H13NO2S2/c1-3-4-9-7-5-8(12-6-7)13(2,10)11/h5-6,9H,3-4H2,1-2H3. The van der Waals surface area contributed by atoms with Gasteiger partial charge >= 0.3 is 0 Å². The van der Waals surface area contributed by atoms with E-state index < -0.39 is 9.84 Å². The van der Waals surface area contributed by atoms with Crippen LogP contribution >= 0.6 is 11.3 Å². The highest BCUT2D eigenvalue weighted by Crippen LogP contribution is 2.23. The summed E-state index contributed by atoms with van der Waals surface area (Å²) in [6, 6.07) is 1.68. The Kier molecular flexibility index (Phi) is 3.33. The summed E-state index contributed by atoms with van der Waals surface area (Å²) in [7, 11) is -3.03. The van der Waals surface area contributed by atoms with Gasteiger partial charge in [-0.1, -0.05) is 6.92 Å². The number of thiophene rings is 1. The van der Waals surface area contributed by atoms with E-state index in [1.54, 1.807) is 6.07 Å². The third-order valence-corrected chi connectivity index (χ3v) is 4.29. The molecular weight excluding hydrogens is 206 g/mol. The molecule has 3 nitrogen and oxygen atoms in total. The van der Waals surface area contributed by atoms with Crippen LogP contribution in [0, 0.1) is 0 Å². The van der Waals surface area contributed by atoms with Gasteiger partial charge in [-0.25, -0.2) is 8.42 Å². The van der Waals surface area contributed by atoms with Crippen molar-refractivity contribution in [3.05, 3.63) is 11.4 Å². The predicted molar refractivity (Wildman–Crippen MR) is 56.2 cm³/mol. The van der Waals surface area contributed by atoms with Crippen molar-refractivity contribution in [2.75, 3.05) is 18.1 Å². The van der Waals surface area contributed by atoms with Gasteiger partial charge < -0.3 is 5.32 Å². The lowest BCUT2D eigenvalue weighted by Gasteiger charge is -1.98. The lowest BCUT2D eigenvalue weighted by atomic mass is 10.4. The van der Waals surface area contributed by atoms with Gasteiger partial charge in [-0.2, -0.15) is 0 Å². The van der Waals surface area contributed by atoms with Gasteiger partial charge in [0.05, 0.1) is 0 Å². The summed E-state index contributed by atoms with van der Waals surface area (Å²) < 4.78 is 22.6. The summed E-state index contributed by atoms with van der Waals surface area (Å²) in [5, 5.41) is 4.96. The van der Waals surface area contributed by atoms with E-state index in [1.807, 2.05) is 5.38 Å². The highest BCUT2D eigenvalue weighted by atomic mass is 32.2. The van der Waals surface area contributed by atoms with Crippen molar-refractivity contribution < 1.29 is 8.42 Å². The van der Waals surface area contributed by atoms with Gasteiger partial charge in [0, 0.05) is 23.9 Å². The lowest BCUT2D eigenvalue weighted by molar-refractivity contribution is 0.604. The van der Waals surface area contributed by atoms with Gasteiger partial charge in [0.2, 0.25) is 0 Å². The molecule has 0 aliphatic carbocycles. The highest BCUT2D eigenvalue weighted by Gasteiger charge is 2.09. The first-order chi connectivity index (χ1) is 6.04. The van der Waals surface area contributed by atoms with Crippen LogP contribution in [0.4, 0.5) is 5.69 Å². The quantitative estimate of drug-likeness (QED) is 0.842. The molecule has 1 aromatic heterocycles. The van der Waals surface area contributed by atoms with E-state index in [-0.39, 0.29) is 0 Å². The van der Waals surface area contributed by atoms with Crippen molar-refractivity contribution in [3.63, 3.8) is 0 Å². The minimum atomic E-state index is -3.03. The average molecular weight is 219 g/mol. The molecule has 5 heteroatoms. The maximum atomic E-state index is 11.1. The van der Waals surface area contributed by atoms with Crippen molar-refractivity contribution >= 4 is 26.9 Å². The van der Waals surface area contributed by atoms with Gasteiger partial charge in [0.15, 0.2) is 9.84 Å². The van der Waals surface area contributed by atoms with Crippen molar-refractivity contribution in [2.24, 2.45) is 0 Å². The SMILES string of the molecule is CCCNc1csc(S(C)(=O)=O)c1. The van der Waals surface area contributed by atoms with Crippen LogP contribution in [0.25, 0.3) is 0 Å². The maximum Gasteiger partial charge on any atom is 0.184 e. The Labute approximate surface area is 82.7 Å². The largest absolute Gasteiger partial charge is 0.384 e. The molecule has 0 atom stereocenters. The van der Waals surface area contributed by atoms with Crippen molar-refractivity contribution in [2.45, 2.75) is 17.6 Å². The van der Waals surface area contributed by atoms with Crippen molar-refractivity contribution in [1.82, 2.24) is 0 Å². The second kappa shape index (κ2) is 4.11. The molecule has 0 bridgehead atoms. The lowest BCUT2D eigenvalue weighted by Crippen LogP contribution is -1.98. The molecule has 0 fully saturated rings. The van der Waals surface area contributed by atoms with E-state index in [2.05, 4.69) is 12.2 Å². The Bertz CT molecular complexity index is 367. The second-order valence-corrected chi connectivity index (χ2v) is 6.01. The Hall–Kier alpha value is -0.550. The van der Waals surface area contributed by atoms with Crippen LogP contribution in [-0.4, -0.2) is 21.2 Å². The molecule has 0 saturated carbocycles. The molecule has 0 aliphatic rings. The van der Waals surface area contributed by atoms with E-state index in [4.69, 9.17) is 0 Å². The van der Waals surface area contributed by atoms with E-state index in [1.165, 1.54) is 17.6 Å². The predicted octanol–water partition coefficient (Wildman–Crippen LogP) is 1.97. The zero-order chi connectivity index (χ0) is 9.90. The zero-order valence-electron chi connectivity index (χ0n) is 7.70. The van der Waals surface area contributed by atoms with E-state index in [9.17, 15) is 8.42 Å². The Balaban J connectivity index is 2.76. The van der Waals surface area contributed by atoms with E-state index in [0.29, 0.717) is 4.21 Å². The van der Waals surface area contributed by atoms with Gasteiger partial charge in [-0.05, 0) is 12.5 Å². The normalized spacial score (nSPS) is 11.5. The molecule has 13 heavy (non-hydrogen) atoms. The Morgan fingerprint density at radius 1 is 1.54 bits per heavy atom. The molecule has 74 valence electrons. The average Bonchev–Trinajstić information content (AvgIpc) is 2.47. The Morgan fingerprint density at radius 3 is 2.69 bits per heavy atom. The summed E-state index contributed by atoms with van der Waals surface area (Å²) in [6.45, 7) is 2.94. The molecular formula is C8H13NO2S2. The summed E-state index contributed by atoms with van der Waals surface area (Å²) in [5.74, 6) is 0. The van der Waals surface area contributed by atoms with Crippen LogP contribution in [0.2, 0.25) is 0 Å². The van der Waals surface area contributed by atoms with Gasteiger partial charge in [0.25, 0.3) is 0 Å². The fraction of sp³-hybridized carbons (Fsp3) is 0.500. The van der Waals surface area contributed by atoms with E-state index in [0.717, 1.165) is 18.7 Å². The molecule has 0 radical (unpaired) electrons. The first-order valence-corrected chi connectivity index (χ1v) is 6.83. The van der Waals surface area contributed by atoms with Crippen LogP contribution in [0.3, 0.4) is 0 Å². The minimum absolute atomic E-state index is 0.422. The molecule has 0 spiro atoms. The number of hydrogen-bond donors (Lipinski definition) is 1. The summed E-state index contributed by atoms with van der Waals surface area (Å²) in [5.41, 5.74) is 0.896. The fourth-order valence-electron chi connectivity index (χ4n) is 0.873. The molecule has 1 aromatic rings. The van der Waals surface area contributed by atoms with Crippen LogP contribution in [0.15, 0.2) is 15.7 Å². The van der Waals surface area contributed by atoms with Crippen LogP contribution in [0.1, 0.15) is 13.3 Å². The highest BCUT2D eigenvalue weighted by molar-refractivity contribution is 7.92. The number of nitrogens with one attached hydrogen (secondary N) is 1. The molecule has 1 N–H and O–H groups in total. The first kappa shape index (κ1) is 10.5. The molecule has 1 rings (SSSR count). The van der Waals surface area contributed by atoms with Crippen molar-refractivity contribution in [3.8, 4) is 0 Å². The summed E-state index contributed by atoms with van der Waals surface area (Å²) in [6.07, 6.45) is 2.26. The summed E-state index contributed by atoms with van der Waals surface area (Å²) in [4.78, 5) is 0. The smallest absolute Gasteiger partial charge is 0.184 e. The third-order valence-electron chi connectivity index (χ3n) is 1.52. The van der Waals surface area contributed by atoms with Crippen LogP contribution < -0.4 is 5.32 Å². The zero-order valence-corrected chi connectivity index (χ0v) is 9.33. The van der Waals surface area contributed by atoms with E-state index >= 15 is 0 Å². The molecule has 0 amide bonds. The van der Waals surface area contributed by atoms with Crippen LogP contribution in [0.5, 0.6) is 0 Å². The number of rotatable bonds is 4. The topological polar surface area (TPSA) is 46.2 Å². The van der Waals surface area contributed by atoms with Crippen molar-refractivity contribution in [1.29, 1.82) is 0 Å². The Morgan fingerprint density at radius 2 is 2.23 bits per heavy atom. The van der Waals surface area contributed by atoms with Crippen LogP contribution in [-0.2, 0) is 9.84 Å². The molecule has 0 saturated heterocycles. The molecule has 0 unspecified atom stereocenters. The minimum Gasteiger partial charge on any atom is -0.384 e. The summed E-state index contributed by atoms with van der Waals surface area (Å²) >= 11 is 1.26. The van der Waals surface area contributed by atoms with Gasteiger partial charge in [-0.15, -0.1) is 11.3 Å². The number of hydrogen-bond acceptors (Lipinski definition) is 4. The molecule has 0 aliphatic heterocycles.